The van der Waals surface area contributed by atoms with Crippen molar-refractivity contribution < 1.29 is 9.59 Å². The van der Waals surface area contributed by atoms with Crippen LogP contribution in [0.2, 0.25) is 5.02 Å². The first-order chi connectivity index (χ1) is 15.5. The Morgan fingerprint density at radius 2 is 1.75 bits per heavy atom. The van der Waals surface area contributed by atoms with Gasteiger partial charge in [-0.2, -0.15) is 0 Å². The Morgan fingerprint density at radius 3 is 2.53 bits per heavy atom. The topological polar surface area (TPSA) is 64.0 Å². The highest BCUT2D eigenvalue weighted by Crippen LogP contribution is 2.19. The van der Waals surface area contributed by atoms with E-state index in [-0.39, 0.29) is 18.2 Å². The molecule has 0 aliphatic rings. The highest BCUT2D eigenvalue weighted by atomic mass is 79.9. The number of rotatable bonds is 8. The van der Waals surface area contributed by atoms with Gasteiger partial charge in [0, 0.05) is 33.6 Å². The summed E-state index contributed by atoms with van der Waals surface area (Å²) in [6, 6.07) is 22.0. The number of nitrogens with zero attached hydrogens (tertiary/aromatic N) is 2. The van der Waals surface area contributed by atoms with E-state index >= 15 is 0 Å². The second-order valence-corrected chi connectivity index (χ2v) is 8.75. The number of hydrogen-bond donors (Lipinski definition) is 1. The van der Waals surface area contributed by atoms with Crippen LogP contribution in [-0.2, 0) is 13.0 Å². The standard InChI is InChI=1S/C25H21BrClN3O2/c26-19-6-3-5-18(15-19)25(32)28-14-4-9-24-29-21-7-1-2-8-22(21)30(24)16-23(31)17-10-12-20(27)13-11-17/h1-3,5-8,10-13,15H,4,9,14,16H2,(H,28,32). The van der Waals surface area contributed by atoms with Gasteiger partial charge in [0.25, 0.3) is 5.91 Å². The van der Waals surface area contributed by atoms with Crippen molar-refractivity contribution in [2.24, 2.45) is 0 Å². The van der Waals surface area contributed by atoms with Crippen LogP contribution in [0.15, 0.2) is 77.3 Å². The first-order valence-electron chi connectivity index (χ1n) is 10.3. The Bertz CT molecular complexity index is 1270. The number of halogens is 2. The van der Waals surface area contributed by atoms with E-state index in [0.717, 1.165) is 21.3 Å². The molecule has 7 heteroatoms. The zero-order valence-electron chi connectivity index (χ0n) is 17.2. The van der Waals surface area contributed by atoms with E-state index in [4.69, 9.17) is 16.6 Å². The molecule has 0 saturated heterocycles. The Balaban J connectivity index is 1.44. The lowest BCUT2D eigenvalue weighted by Gasteiger charge is -2.10. The summed E-state index contributed by atoms with van der Waals surface area (Å²) in [5.74, 6) is 0.706. The molecule has 0 fully saturated rings. The highest BCUT2D eigenvalue weighted by molar-refractivity contribution is 9.10. The van der Waals surface area contributed by atoms with Crippen LogP contribution in [0.5, 0.6) is 0 Å². The third-order valence-electron chi connectivity index (χ3n) is 5.15. The van der Waals surface area contributed by atoms with Crippen molar-refractivity contribution in [3.05, 3.63) is 99.2 Å². The predicted molar refractivity (Wildman–Crippen MR) is 130 cm³/mol. The average Bonchev–Trinajstić information content (AvgIpc) is 3.14. The monoisotopic (exact) mass is 509 g/mol. The van der Waals surface area contributed by atoms with E-state index in [1.807, 2.05) is 41.0 Å². The number of para-hydroxylation sites is 2. The van der Waals surface area contributed by atoms with Crippen molar-refractivity contribution in [2.45, 2.75) is 19.4 Å². The summed E-state index contributed by atoms with van der Waals surface area (Å²) in [4.78, 5) is 29.9. The van der Waals surface area contributed by atoms with Gasteiger partial charge in [0.1, 0.15) is 5.82 Å². The van der Waals surface area contributed by atoms with Crippen LogP contribution in [0.4, 0.5) is 0 Å². The summed E-state index contributed by atoms with van der Waals surface area (Å²) in [5.41, 5.74) is 2.99. The van der Waals surface area contributed by atoms with Gasteiger partial charge < -0.3 is 9.88 Å². The molecule has 3 aromatic carbocycles. The van der Waals surface area contributed by atoms with E-state index in [0.29, 0.717) is 35.5 Å². The average molecular weight is 511 g/mol. The van der Waals surface area contributed by atoms with E-state index in [1.54, 1.807) is 36.4 Å². The Kier molecular flexibility index (Phi) is 7.02. The Labute approximate surface area is 199 Å². The zero-order valence-corrected chi connectivity index (χ0v) is 19.6. The minimum absolute atomic E-state index is 0.00553. The number of hydrogen-bond acceptors (Lipinski definition) is 3. The van der Waals surface area contributed by atoms with E-state index in [1.165, 1.54) is 0 Å². The van der Waals surface area contributed by atoms with Gasteiger partial charge in [-0.05, 0) is 61.0 Å². The fourth-order valence-electron chi connectivity index (χ4n) is 3.54. The quantitative estimate of drug-likeness (QED) is 0.244. The van der Waals surface area contributed by atoms with E-state index < -0.39 is 0 Å². The third kappa shape index (κ3) is 5.26. The van der Waals surface area contributed by atoms with E-state index in [9.17, 15) is 9.59 Å². The lowest BCUT2D eigenvalue weighted by atomic mass is 10.1. The van der Waals surface area contributed by atoms with Gasteiger partial charge in [0.05, 0.1) is 17.6 Å². The highest BCUT2D eigenvalue weighted by Gasteiger charge is 2.15. The molecule has 1 N–H and O–H groups in total. The number of aryl methyl sites for hydroxylation is 1. The largest absolute Gasteiger partial charge is 0.352 e. The van der Waals surface area contributed by atoms with Gasteiger partial charge in [0.15, 0.2) is 5.78 Å². The van der Waals surface area contributed by atoms with Gasteiger partial charge in [-0.15, -0.1) is 0 Å². The molecular weight excluding hydrogens is 490 g/mol. The molecule has 4 rings (SSSR count). The molecule has 5 nitrogen and oxygen atoms in total. The molecule has 1 heterocycles. The van der Waals surface area contributed by atoms with Gasteiger partial charge in [0.2, 0.25) is 0 Å². The maximum atomic E-state index is 12.9. The Hall–Kier alpha value is -2.96. The minimum Gasteiger partial charge on any atom is -0.352 e. The molecule has 0 atom stereocenters. The number of amides is 1. The number of nitrogens with one attached hydrogen (secondary N) is 1. The first-order valence-corrected chi connectivity index (χ1v) is 11.4. The van der Waals surface area contributed by atoms with Gasteiger partial charge in [-0.3, -0.25) is 9.59 Å². The summed E-state index contributed by atoms with van der Waals surface area (Å²) < 4.78 is 2.83. The van der Waals surface area contributed by atoms with Gasteiger partial charge in [-0.1, -0.05) is 45.7 Å². The first kappa shape index (κ1) is 22.2. The van der Waals surface area contributed by atoms with Crippen LogP contribution in [0.3, 0.4) is 0 Å². The number of aromatic nitrogens is 2. The molecule has 0 aliphatic carbocycles. The molecule has 0 unspecified atom stereocenters. The van der Waals surface area contributed by atoms with E-state index in [2.05, 4.69) is 21.2 Å². The molecule has 0 spiro atoms. The number of ketones is 1. The van der Waals surface area contributed by atoms with Crippen molar-refractivity contribution in [1.82, 2.24) is 14.9 Å². The summed E-state index contributed by atoms with van der Waals surface area (Å²) in [7, 11) is 0. The maximum absolute atomic E-state index is 12.9. The zero-order chi connectivity index (χ0) is 22.5. The number of fused-ring (bicyclic) bond motifs is 1. The van der Waals surface area contributed by atoms with Crippen LogP contribution >= 0.6 is 27.5 Å². The van der Waals surface area contributed by atoms with Crippen LogP contribution < -0.4 is 5.32 Å². The smallest absolute Gasteiger partial charge is 0.251 e. The summed E-state index contributed by atoms with van der Waals surface area (Å²) in [6.45, 7) is 0.710. The fourth-order valence-corrected chi connectivity index (χ4v) is 4.07. The second kappa shape index (κ2) is 10.1. The molecule has 1 aromatic heterocycles. The van der Waals surface area contributed by atoms with Crippen molar-refractivity contribution >= 4 is 50.3 Å². The molecule has 0 bridgehead atoms. The van der Waals surface area contributed by atoms with Crippen molar-refractivity contribution in [3.63, 3.8) is 0 Å². The van der Waals surface area contributed by atoms with Crippen LogP contribution in [0.25, 0.3) is 11.0 Å². The van der Waals surface area contributed by atoms with Crippen molar-refractivity contribution in [3.8, 4) is 0 Å². The number of carbonyl (C=O) groups is 2. The minimum atomic E-state index is -0.113. The van der Waals surface area contributed by atoms with Crippen LogP contribution in [0.1, 0.15) is 33.0 Å². The number of benzene rings is 3. The number of imidazole rings is 1. The fraction of sp³-hybridized carbons (Fsp3) is 0.160. The third-order valence-corrected chi connectivity index (χ3v) is 5.90. The number of Topliss-reactive ketones (excluding diaryl/α,β-unsaturated/α-hetero) is 1. The molecule has 0 radical (unpaired) electrons. The summed E-state index contributed by atoms with van der Waals surface area (Å²) >= 11 is 9.33. The normalized spacial score (nSPS) is 10.9. The van der Waals surface area contributed by atoms with Gasteiger partial charge in [-0.25, -0.2) is 4.98 Å². The lowest BCUT2D eigenvalue weighted by molar-refractivity contribution is 0.0951. The molecule has 0 aliphatic heterocycles. The SMILES string of the molecule is O=C(Cn1c(CCCNC(=O)c2cccc(Br)c2)nc2ccccc21)c1ccc(Cl)cc1. The molecule has 32 heavy (non-hydrogen) atoms. The maximum Gasteiger partial charge on any atom is 0.251 e. The molecule has 162 valence electrons. The lowest BCUT2D eigenvalue weighted by Crippen LogP contribution is -2.25. The molecular formula is C25H21BrClN3O2. The summed E-state index contributed by atoms with van der Waals surface area (Å²) in [5, 5.41) is 3.54. The summed E-state index contributed by atoms with van der Waals surface area (Å²) in [6.07, 6.45) is 1.35. The molecule has 4 aromatic rings. The Morgan fingerprint density at radius 1 is 0.969 bits per heavy atom. The van der Waals surface area contributed by atoms with Crippen molar-refractivity contribution in [1.29, 1.82) is 0 Å². The molecule has 1 amide bonds. The molecule has 0 saturated carbocycles. The van der Waals surface area contributed by atoms with Crippen molar-refractivity contribution in [2.75, 3.05) is 6.54 Å². The predicted octanol–water partition coefficient (Wildman–Crippen LogP) is 5.70. The number of carbonyl (C=O) groups excluding carboxylic acids is 2. The van der Waals surface area contributed by atoms with Crippen LogP contribution in [-0.4, -0.2) is 27.8 Å². The van der Waals surface area contributed by atoms with Gasteiger partial charge >= 0.3 is 0 Å². The second-order valence-electron chi connectivity index (χ2n) is 7.40. The van der Waals surface area contributed by atoms with Crippen LogP contribution in [0, 0.1) is 0 Å².